The molecular formula is C24H47N5O15. The van der Waals surface area contributed by atoms with Crippen molar-refractivity contribution in [2.24, 2.45) is 17.2 Å². The van der Waals surface area contributed by atoms with Gasteiger partial charge in [0.25, 0.3) is 5.91 Å². The molecule has 258 valence electrons. The number of aliphatic hydroxyl groups is 10. The van der Waals surface area contributed by atoms with Gasteiger partial charge in [0.1, 0.15) is 67.1 Å². The first-order valence-electron chi connectivity index (χ1n) is 14.3. The van der Waals surface area contributed by atoms with E-state index in [9.17, 15) is 50.8 Å². The average molecular weight is 646 g/mol. The van der Waals surface area contributed by atoms with E-state index >= 15 is 0 Å². The summed E-state index contributed by atoms with van der Waals surface area (Å²) in [5.41, 5.74) is 17.5. The molecule has 0 bridgehead atoms. The van der Waals surface area contributed by atoms with Gasteiger partial charge in [-0.25, -0.2) is 0 Å². The van der Waals surface area contributed by atoms with Crippen LogP contribution in [0.4, 0.5) is 0 Å². The van der Waals surface area contributed by atoms with Gasteiger partial charge in [-0.1, -0.05) is 0 Å². The number of hydrogen-bond acceptors (Lipinski definition) is 19. The number of rotatable bonds is 13. The second-order valence-corrected chi connectivity index (χ2v) is 11.2. The fourth-order valence-corrected chi connectivity index (χ4v) is 5.37. The highest BCUT2D eigenvalue weighted by molar-refractivity contribution is 5.81. The Morgan fingerprint density at radius 2 is 1.45 bits per heavy atom. The molecule has 1 amide bonds. The van der Waals surface area contributed by atoms with Crippen molar-refractivity contribution in [3.63, 3.8) is 0 Å². The molecule has 44 heavy (non-hydrogen) atoms. The largest absolute Gasteiger partial charge is 0.395 e. The maximum Gasteiger partial charge on any atom is 0.251 e. The van der Waals surface area contributed by atoms with Crippen molar-refractivity contribution in [2.45, 2.75) is 110 Å². The molecule has 0 spiro atoms. The smallest absolute Gasteiger partial charge is 0.251 e. The van der Waals surface area contributed by atoms with Crippen molar-refractivity contribution in [1.82, 2.24) is 10.6 Å². The number of aliphatic hydroxyl groups excluding tert-OH is 10. The van der Waals surface area contributed by atoms with Crippen molar-refractivity contribution in [3.8, 4) is 0 Å². The summed E-state index contributed by atoms with van der Waals surface area (Å²) in [6.07, 6.45) is -22.7. The lowest BCUT2D eigenvalue weighted by Crippen LogP contribution is -2.69. The van der Waals surface area contributed by atoms with Gasteiger partial charge in [0.05, 0.1) is 25.3 Å². The summed E-state index contributed by atoms with van der Waals surface area (Å²) < 4.78 is 22.7. The molecule has 3 fully saturated rings. The maximum absolute atomic E-state index is 12.7. The zero-order valence-corrected chi connectivity index (χ0v) is 23.8. The van der Waals surface area contributed by atoms with Crippen LogP contribution < -0.4 is 27.8 Å². The zero-order chi connectivity index (χ0) is 32.9. The molecule has 2 heterocycles. The van der Waals surface area contributed by atoms with Crippen LogP contribution in [-0.4, -0.2) is 194 Å². The van der Waals surface area contributed by atoms with Crippen molar-refractivity contribution < 1.29 is 74.8 Å². The summed E-state index contributed by atoms with van der Waals surface area (Å²) >= 11 is 0. The Kier molecular flexibility index (Phi) is 14.0. The Morgan fingerprint density at radius 1 is 0.841 bits per heavy atom. The van der Waals surface area contributed by atoms with Crippen molar-refractivity contribution >= 4 is 5.91 Å². The summed E-state index contributed by atoms with van der Waals surface area (Å²) in [4.78, 5) is 12.7. The minimum Gasteiger partial charge on any atom is -0.395 e. The van der Waals surface area contributed by atoms with E-state index < -0.39 is 123 Å². The van der Waals surface area contributed by atoms with E-state index in [0.29, 0.717) is 0 Å². The molecule has 3 aliphatic rings. The fraction of sp³-hybridized carbons (Fsp3) is 0.958. The molecule has 0 aromatic heterocycles. The summed E-state index contributed by atoms with van der Waals surface area (Å²) in [6, 6.07) is -3.73. The molecule has 0 aromatic rings. The first-order chi connectivity index (χ1) is 20.8. The SMILES string of the molecule is NCC(O)C(O)C(=O)N[C@@H]1C[C@H](N)C(O[C@H]2O[C@H](CNCCO)[C@@H](O)[C@H](O)[C@H]2O)[C@H](O)[C@H]1O[C@H]1O[C@H](CO)[C@@H](O)[C@H](N)[C@H]1O. The standard InChI is InChI=1S/C24H47N5O15/c25-4-9(32)13(33)22(40)29-8-3-7(26)20(43-24-18(38)17(37)15(35)10(41-24)5-28-1-2-30)19(39)21(8)44-23-16(36)12(27)14(34)11(6-31)42-23/h7-21,23-24,28,30-39H,1-6,25-27H2,(H,29,40)/t7-,8+,9?,10+,11+,12-,13?,14+,15+,16+,17-,18+,19-,20?,21-,23+,24+/m0/s1. The molecule has 0 aromatic carbocycles. The topological polar surface area (TPSA) is 358 Å². The Bertz CT molecular complexity index is 897. The number of nitrogens with one attached hydrogen (secondary N) is 2. The lowest BCUT2D eigenvalue weighted by Gasteiger charge is -2.49. The first-order valence-corrected chi connectivity index (χ1v) is 14.3. The third-order valence-corrected chi connectivity index (χ3v) is 8.04. The highest BCUT2D eigenvalue weighted by Crippen LogP contribution is 2.32. The van der Waals surface area contributed by atoms with Crippen LogP contribution in [0.3, 0.4) is 0 Å². The molecule has 20 heteroatoms. The lowest BCUT2D eigenvalue weighted by atomic mass is 9.83. The van der Waals surface area contributed by atoms with E-state index in [1.807, 2.05) is 0 Å². The number of hydrogen-bond donors (Lipinski definition) is 15. The Morgan fingerprint density at radius 3 is 2.07 bits per heavy atom. The van der Waals surface area contributed by atoms with Gasteiger partial charge in [-0.2, -0.15) is 0 Å². The van der Waals surface area contributed by atoms with Gasteiger partial charge in [-0.3, -0.25) is 4.79 Å². The number of amides is 1. The van der Waals surface area contributed by atoms with Gasteiger partial charge in [-0.15, -0.1) is 0 Å². The van der Waals surface area contributed by atoms with E-state index in [4.69, 9.17) is 41.3 Å². The molecule has 2 saturated heterocycles. The predicted octanol–water partition coefficient (Wildman–Crippen LogP) is -9.83. The highest BCUT2D eigenvalue weighted by atomic mass is 16.7. The number of nitrogens with two attached hydrogens (primary N) is 3. The summed E-state index contributed by atoms with van der Waals surface area (Å²) in [6.45, 7) is -1.31. The second kappa shape index (κ2) is 16.5. The van der Waals surface area contributed by atoms with Gasteiger partial charge >= 0.3 is 0 Å². The quantitative estimate of drug-likeness (QED) is 0.0826. The lowest BCUT2D eigenvalue weighted by molar-refractivity contribution is -0.333. The van der Waals surface area contributed by atoms with Gasteiger partial charge in [-0.05, 0) is 6.42 Å². The van der Waals surface area contributed by atoms with E-state index in [0.717, 1.165) is 0 Å². The third-order valence-electron chi connectivity index (χ3n) is 8.04. The normalized spacial score (nSPS) is 44.6. The van der Waals surface area contributed by atoms with Crippen LogP contribution in [0.15, 0.2) is 0 Å². The van der Waals surface area contributed by atoms with Crippen molar-refractivity contribution in [1.29, 1.82) is 0 Å². The molecule has 18 N–H and O–H groups in total. The Balaban J connectivity index is 1.85. The van der Waals surface area contributed by atoms with Gasteiger partial charge in [0, 0.05) is 25.7 Å². The molecule has 3 unspecified atom stereocenters. The maximum atomic E-state index is 12.7. The summed E-state index contributed by atoms with van der Waals surface area (Å²) in [5, 5.41) is 107. The van der Waals surface area contributed by atoms with Gasteiger partial charge < -0.3 is 97.8 Å². The summed E-state index contributed by atoms with van der Waals surface area (Å²) in [7, 11) is 0. The van der Waals surface area contributed by atoms with Crippen LogP contribution in [0.5, 0.6) is 0 Å². The van der Waals surface area contributed by atoms with E-state index in [1.54, 1.807) is 0 Å². The van der Waals surface area contributed by atoms with Gasteiger partial charge in [0.15, 0.2) is 18.7 Å². The van der Waals surface area contributed by atoms with Gasteiger partial charge in [0.2, 0.25) is 0 Å². The van der Waals surface area contributed by atoms with Crippen LogP contribution in [0.1, 0.15) is 6.42 Å². The highest BCUT2D eigenvalue weighted by Gasteiger charge is 2.52. The fourth-order valence-electron chi connectivity index (χ4n) is 5.37. The number of carbonyl (C=O) groups is 1. The molecule has 0 radical (unpaired) electrons. The third kappa shape index (κ3) is 8.36. The van der Waals surface area contributed by atoms with Crippen LogP contribution in [-0.2, 0) is 23.7 Å². The molecule has 20 nitrogen and oxygen atoms in total. The first kappa shape index (κ1) is 37.2. The summed E-state index contributed by atoms with van der Waals surface area (Å²) in [5.74, 6) is -1.10. The minimum atomic E-state index is -1.98. The second-order valence-electron chi connectivity index (χ2n) is 11.2. The monoisotopic (exact) mass is 645 g/mol. The van der Waals surface area contributed by atoms with Crippen molar-refractivity contribution in [3.05, 3.63) is 0 Å². The molecule has 3 rings (SSSR count). The average Bonchev–Trinajstić information content (AvgIpc) is 3.00. The molecular weight excluding hydrogens is 598 g/mol. The molecule has 1 saturated carbocycles. The van der Waals surface area contributed by atoms with E-state index in [2.05, 4.69) is 10.6 Å². The van der Waals surface area contributed by atoms with Crippen LogP contribution in [0.2, 0.25) is 0 Å². The number of ether oxygens (including phenoxy) is 4. The van der Waals surface area contributed by atoms with Crippen LogP contribution in [0, 0.1) is 0 Å². The Hall–Kier alpha value is -1.25. The number of carbonyl (C=O) groups excluding carboxylic acids is 1. The molecule has 1 aliphatic carbocycles. The molecule has 17 atom stereocenters. The molecule has 2 aliphatic heterocycles. The van der Waals surface area contributed by atoms with Crippen LogP contribution >= 0.6 is 0 Å². The van der Waals surface area contributed by atoms with E-state index in [1.165, 1.54) is 0 Å². The minimum absolute atomic E-state index is 0.0590. The Labute approximate surface area is 252 Å². The zero-order valence-electron chi connectivity index (χ0n) is 23.8. The van der Waals surface area contributed by atoms with Crippen LogP contribution in [0.25, 0.3) is 0 Å². The van der Waals surface area contributed by atoms with Crippen molar-refractivity contribution in [2.75, 3.05) is 32.8 Å². The van der Waals surface area contributed by atoms with E-state index in [-0.39, 0.29) is 26.1 Å². The predicted molar refractivity (Wildman–Crippen MR) is 144 cm³/mol.